The summed E-state index contributed by atoms with van der Waals surface area (Å²) in [5.74, 6) is -0.271. The SMILES string of the molecule is CC(OC(=O)CCc1nc2cc(S(=O)(=O)N(C)C)ccc2n1C)C(=O)NCc1ccccc1. The van der Waals surface area contributed by atoms with Crippen LogP contribution in [-0.4, -0.2) is 54.3 Å². The second-order valence-corrected chi connectivity index (χ2v) is 10.0. The molecule has 0 saturated heterocycles. The number of aromatic nitrogens is 2. The summed E-state index contributed by atoms with van der Waals surface area (Å²) in [6, 6.07) is 14.2. The number of aryl methyl sites for hydroxylation is 2. The molecule has 33 heavy (non-hydrogen) atoms. The molecule has 0 aliphatic carbocycles. The number of nitrogens with one attached hydrogen (secondary N) is 1. The van der Waals surface area contributed by atoms with Crippen molar-refractivity contribution in [1.82, 2.24) is 19.2 Å². The molecule has 0 aliphatic heterocycles. The normalized spacial score (nSPS) is 12.6. The molecule has 0 spiro atoms. The number of hydrogen-bond acceptors (Lipinski definition) is 6. The van der Waals surface area contributed by atoms with Crippen LogP contribution in [0, 0.1) is 0 Å². The van der Waals surface area contributed by atoms with Gasteiger partial charge in [0.15, 0.2) is 6.10 Å². The van der Waals surface area contributed by atoms with Crippen molar-refractivity contribution in [3.8, 4) is 0 Å². The van der Waals surface area contributed by atoms with Crippen LogP contribution in [0.15, 0.2) is 53.4 Å². The molecule has 0 aliphatic rings. The van der Waals surface area contributed by atoms with Crippen molar-refractivity contribution in [3.63, 3.8) is 0 Å². The van der Waals surface area contributed by atoms with Crippen molar-refractivity contribution in [2.75, 3.05) is 14.1 Å². The van der Waals surface area contributed by atoms with Crippen molar-refractivity contribution in [3.05, 3.63) is 59.9 Å². The van der Waals surface area contributed by atoms with Crippen LogP contribution in [0.2, 0.25) is 0 Å². The Balaban J connectivity index is 1.58. The third-order valence-corrected chi connectivity index (χ3v) is 7.07. The molecule has 1 unspecified atom stereocenters. The van der Waals surface area contributed by atoms with E-state index < -0.39 is 22.1 Å². The van der Waals surface area contributed by atoms with Crippen LogP contribution in [-0.2, 0) is 44.4 Å². The number of imidazole rings is 1. The summed E-state index contributed by atoms with van der Waals surface area (Å²) in [6.07, 6.45) is -0.588. The van der Waals surface area contributed by atoms with Gasteiger partial charge in [0.05, 0.1) is 22.3 Å². The third-order valence-electron chi connectivity index (χ3n) is 5.26. The minimum absolute atomic E-state index is 0.0380. The predicted molar refractivity (Wildman–Crippen MR) is 124 cm³/mol. The topological polar surface area (TPSA) is 111 Å². The zero-order valence-corrected chi connectivity index (χ0v) is 19.9. The number of ether oxygens (including phenoxy) is 1. The monoisotopic (exact) mass is 472 g/mol. The van der Waals surface area contributed by atoms with Crippen LogP contribution in [0.25, 0.3) is 11.0 Å². The molecule has 1 N–H and O–H groups in total. The van der Waals surface area contributed by atoms with Gasteiger partial charge in [0.25, 0.3) is 5.91 Å². The Morgan fingerprint density at radius 2 is 1.85 bits per heavy atom. The first-order chi connectivity index (χ1) is 15.6. The highest BCUT2D eigenvalue weighted by Gasteiger charge is 2.20. The number of rotatable bonds is 9. The van der Waals surface area contributed by atoms with E-state index in [4.69, 9.17) is 4.74 Å². The number of amides is 1. The fourth-order valence-electron chi connectivity index (χ4n) is 3.28. The molecule has 1 atom stereocenters. The molecule has 1 heterocycles. The number of nitrogens with zero attached hydrogens (tertiary/aromatic N) is 3. The lowest BCUT2D eigenvalue weighted by atomic mass is 10.2. The van der Waals surface area contributed by atoms with Crippen molar-refractivity contribution in [2.24, 2.45) is 7.05 Å². The lowest BCUT2D eigenvalue weighted by Crippen LogP contribution is -2.35. The lowest BCUT2D eigenvalue weighted by Gasteiger charge is -2.13. The molecule has 176 valence electrons. The second-order valence-electron chi connectivity index (χ2n) is 7.86. The molecule has 0 saturated carbocycles. The van der Waals surface area contributed by atoms with Gasteiger partial charge in [-0.25, -0.2) is 17.7 Å². The van der Waals surface area contributed by atoms with Gasteiger partial charge in [-0.1, -0.05) is 30.3 Å². The molecule has 0 bridgehead atoms. The Bertz CT molecular complexity index is 1250. The molecule has 2 aromatic carbocycles. The minimum Gasteiger partial charge on any atom is -0.453 e. The number of sulfonamides is 1. The maximum Gasteiger partial charge on any atom is 0.307 e. The van der Waals surface area contributed by atoms with Gasteiger partial charge in [0.1, 0.15) is 5.82 Å². The summed E-state index contributed by atoms with van der Waals surface area (Å²) in [6.45, 7) is 1.88. The number of hydrogen-bond donors (Lipinski definition) is 1. The number of esters is 1. The fraction of sp³-hybridized carbons (Fsp3) is 0.348. The molecule has 0 radical (unpaired) electrons. The number of benzene rings is 2. The molecular formula is C23H28N4O5S. The van der Waals surface area contributed by atoms with E-state index in [0.29, 0.717) is 17.9 Å². The van der Waals surface area contributed by atoms with Crippen LogP contribution in [0.3, 0.4) is 0 Å². The van der Waals surface area contributed by atoms with Crippen LogP contribution in [0.4, 0.5) is 0 Å². The summed E-state index contributed by atoms with van der Waals surface area (Å²) in [7, 11) is 1.17. The Morgan fingerprint density at radius 3 is 2.52 bits per heavy atom. The van der Waals surface area contributed by atoms with Crippen LogP contribution in [0.1, 0.15) is 24.7 Å². The zero-order chi connectivity index (χ0) is 24.2. The van der Waals surface area contributed by atoms with Gasteiger partial charge in [-0.15, -0.1) is 0 Å². The molecular weight excluding hydrogens is 444 g/mol. The number of carbonyl (C=O) groups excluding carboxylic acids is 2. The van der Waals surface area contributed by atoms with Gasteiger partial charge in [-0.2, -0.15) is 0 Å². The second kappa shape index (κ2) is 10.1. The average molecular weight is 473 g/mol. The van der Waals surface area contributed by atoms with E-state index in [1.54, 1.807) is 13.1 Å². The van der Waals surface area contributed by atoms with Gasteiger partial charge in [0, 0.05) is 34.1 Å². The summed E-state index contributed by atoms with van der Waals surface area (Å²) in [5.41, 5.74) is 2.23. The third kappa shape index (κ3) is 5.77. The summed E-state index contributed by atoms with van der Waals surface area (Å²) in [4.78, 5) is 29.1. The van der Waals surface area contributed by atoms with Crippen molar-refractivity contribution >= 4 is 32.9 Å². The Labute approximate surface area is 193 Å². The maximum atomic E-state index is 12.4. The number of fused-ring (bicyclic) bond motifs is 1. The van der Waals surface area contributed by atoms with E-state index >= 15 is 0 Å². The Morgan fingerprint density at radius 1 is 1.15 bits per heavy atom. The summed E-state index contributed by atoms with van der Waals surface area (Å²) < 4.78 is 32.9. The van der Waals surface area contributed by atoms with Crippen LogP contribution in [0.5, 0.6) is 0 Å². The van der Waals surface area contributed by atoms with E-state index in [0.717, 1.165) is 15.4 Å². The van der Waals surface area contributed by atoms with Crippen LogP contribution >= 0.6 is 0 Å². The Kier molecular flexibility index (Phi) is 7.50. The minimum atomic E-state index is -3.57. The standard InChI is InChI=1S/C23H28N4O5S/c1-16(23(29)24-15-17-8-6-5-7-9-17)32-22(28)13-12-21-25-19-14-18(33(30,31)26(2)3)10-11-20(19)27(21)4/h5-11,14,16H,12-13,15H2,1-4H3,(H,24,29). The van der Waals surface area contributed by atoms with Crippen molar-refractivity contribution in [2.45, 2.75) is 37.3 Å². The maximum absolute atomic E-state index is 12.4. The zero-order valence-electron chi connectivity index (χ0n) is 19.1. The molecule has 1 amide bonds. The summed E-state index contributed by atoms with van der Waals surface area (Å²) >= 11 is 0. The van der Waals surface area contributed by atoms with Gasteiger partial charge >= 0.3 is 5.97 Å². The van der Waals surface area contributed by atoms with Gasteiger partial charge in [-0.3, -0.25) is 9.59 Å². The first kappa shape index (κ1) is 24.4. The smallest absolute Gasteiger partial charge is 0.307 e. The molecule has 3 rings (SSSR count). The highest BCUT2D eigenvalue weighted by Crippen LogP contribution is 2.22. The first-order valence-corrected chi connectivity index (χ1v) is 11.9. The molecule has 10 heteroatoms. The number of carbonyl (C=O) groups is 2. The van der Waals surface area contributed by atoms with E-state index in [1.165, 1.54) is 33.2 Å². The summed E-state index contributed by atoms with van der Waals surface area (Å²) in [5, 5.41) is 2.74. The first-order valence-electron chi connectivity index (χ1n) is 10.5. The molecule has 0 fully saturated rings. The molecule has 9 nitrogen and oxygen atoms in total. The average Bonchev–Trinajstić information content (AvgIpc) is 3.11. The van der Waals surface area contributed by atoms with Crippen molar-refractivity contribution < 1.29 is 22.7 Å². The van der Waals surface area contributed by atoms with E-state index in [-0.39, 0.29) is 23.6 Å². The Hall–Kier alpha value is -3.24. The molecule has 1 aromatic heterocycles. The lowest BCUT2D eigenvalue weighted by molar-refractivity contribution is -0.154. The highest BCUT2D eigenvalue weighted by atomic mass is 32.2. The van der Waals surface area contributed by atoms with Gasteiger partial charge in [-0.05, 0) is 30.7 Å². The fourth-order valence-corrected chi connectivity index (χ4v) is 4.20. The van der Waals surface area contributed by atoms with E-state index in [2.05, 4.69) is 10.3 Å². The highest BCUT2D eigenvalue weighted by molar-refractivity contribution is 7.89. The predicted octanol–water partition coefficient (Wildman–Crippen LogP) is 2.00. The van der Waals surface area contributed by atoms with E-state index in [9.17, 15) is 18.0 Å². The van der Waals surface area contributed by atoms with E-state index in [1.807, 2.05) is 34.9 Å². The van der Waals surface area contributed by atoms with Gasteiger partial charge < -0.3 is 14.6 Å². The van der Waals surface area contributed by atoms with Gasteiger partial charge in [0.2, 0.25) is 10.0 Å². The quantitative estimate of drug-likeness (QED) is 0.477. The van der Waals surface area contributed by atoms with Crippen molar-refractivity contribution in [1.29, 1.82) is 0 Å². The largest absolute Gasteiger partial charge is 0.453 e. The van der Waals surface area contributed by atoms with Crippen LogP contribution < -0.4 is 5.32 Å². The molecule has 3 aromatic rings.